The Hall–Kier alpha value is -3.96. The number of alkyl halides is 3. The number of rotatable bonds is 8. The first-order chi connectivity index (χ1) is 17.3. The van der Waals surface area contributed by atoms with Crippen LogP contribution in [0.15, 0.2) is 48.8 Å². The maximum atomic E-state index is 12.7. The van der Waals surface area contributed by atoms with Gasteiger partial charge in [-0.15, -0.1) is 13.2 Å². The summed E-state index contributed by atoms with van der Waals surface area (Å²) in [5.41, 5.74) is 1.03. The monoisotopic (exact) mass is 501 g/mol. The van der Waals surface area contributed by atoms with E-state index in [1.54, 1.807) is 31.6 Å². The number of carbonyl (C=O) groups excluding carboxylic acids is 1. The molecule has 0 radical (unpaired) electrons. The van der Waals surface area contributed by atoms with Gasteiger partial charge in [0, 0.05) is 49.1 Å². The minimum Gasteiger partial charge on any atom is -0.405 e. The number of amides is 1. The van der Waals surface area contributed by atoms with E-state index in [-0.39, 0.29) is 35.7 Å². The van der Waals surface area contributed by atoms with Gasteiger partial charge in [-0.3, -0.25) is 9.78 Å². The lowest BCUT2D eigenvalue weighted by molar-refractivity contribution is -0.274. The van der Waals surface area contributed by atoms with Crippen LogP contribution >= 0.6 is 0 Å². The molecule has 1 fully saturated rings. The van der Waals surface area contributed by atoms with E-state index < -0.39 is 6.36 Å². The Bertz CT molecular complexity index is 1170. The van der Waals surface area contributed by atoms with Crippen molar-refractivity contribution in [1.82, 2.24) is 25.3 Å². The number of benzene rings is 1. The van der Waals surface area contributed by atoms with Crippen molar-refractivity contribution >= 4 is 17.8 Å². The fourth-order valence-corrected chi connectivity index (χ4v) is 4.06. The molecule has 0 bridgehead atoms. The minimum atomic E-state index is -4.79. The molecular formula is C24H26F3N7O2. The second kappa shape index (κ2) is 11.2. The molecule has 0 spiro atoms. The summed E-state index contributed by atoms with van der Waals surface area (Å²) in [5, 5.41) is 9.01. The molecule has 190 valence electrons. The Morgan fingerprint density at radius 1 is 1.03 bits per heavy atom. The highest BCUT2D eigenvalue weighted by Gasteiger charge is 2.32. The summed E-state index contributed by atoms with van der Waals surface area (Å²) < 4.78 is 41.9. The zero-order valence-corrected chi connectivity index (χ0v) is 19.5. The van der Waals surface area contributed by atoms with Crippen LogP contribution in [0.5, 0.6) is 5.75 Å². The summed E-state index contributed by atoms with van der Waals surface area (Å²) in [6.45, 7) is -0.0436. The molecule has 0 saturated heterocycles. The lowest BCUT2D eigenvalue weighted by Gasteiger charge is -2.28. The molecule has 1 saturated carbocycles. The number of anilines is 2. The molecule has 12 heteroatoms. The molecule has 9 nitrogen and oxygen atoms in total. The first kappa shape index (κ1) is 25.1. The second-order valence-electron chi connectivity index (χ2n) is 8.36. The van der Waals surface area contributed by atoms with Gasteiger partial charge in [-0.25, -0.2) is 0 Å². The van der Waals surface area contributed by atoms with Gasteiger partial charge < -0.3 is 20.7 Å². The topological polar surface area (TPSA) is 114 Å². The molecule has 1 aromatic carbocycles. The summed E-state index contributed by atoms with van der Waals surface area (Å²) in [4.78, 5) is 30.1. The highest BCUT2D eigenvalue weighted by molar-refractivity contribution is 5.78. The summed E-state index contributed by atoms with van der Waals surface area (Å²) in [6, 6.07) is 9.52. The van der Waals surface area contributed by atoms with Gasteiger partial charge >= 0.3 is 6.36 Å². The third-order valence-electron chi connectivity index (χ3n) is 5.86. The van der Waals surface area contributed by atoms with Crippen LogP contribution in [0.2, 0.25) is 0 Å². The van der Waals surface area contributed by atoms with E-state index in [2.05, 4.69) is 40.6 Å². The minimum absolute atomic E-state index is 0.0436. The number of carbonyl (C=O) groups is 1. The summed E-state index contributed by atoms with van der Waals surface area (Å²) in [6.07, 6.45) is 1.25. The predicted molar refractivity (Wildman–Crippen MR) is 127 cm³/mol. The molecule has 0 aliphatic heterocycles. The SMILES string of the molecule is CNc1nc(NC2CCC(C(=O)NCc3ccccc3OC(F)(F)F)CC2)nc(-c2cccnc2)n1. The zero-order valence-electron chi connectivity index (χ0n) is 19.5. The Morgan fingerprint density at radius 3 is 2.47 bits per heavy atom. The van der Waals surface area contributed by atoms with Crippen molar-refractivity contribution in [2.24, 2.45) is 5.92 Å². The first-order valence-electron chi connectivity index (χ1n) is 11.5. The van der Waals surface area contributed by atoms with E-state index in [0.29, 0.717) is 43.4 Å². The molecule has 2 heterocycles. The molecule has 36 heavy (non-hydrogen) atoms. The predicted octanol–water partition coefficient (Wildman–Crippen LogP) is 4.16. The van der Waals surface area contributed by atoms with Gasteiger partial charge in [0.2, 0.25) is 17.8 Å². The van der Waals surface area contributed by atoms with Crippen LogP contribution in [0, 0.1) is 5.92 Å². The highest BCUT2D eigenvalue weighted by Crippen LogP contribution is 2.28. The third kappa shape index (κ3) is 6.80. The van der Waals surface area contributed by atoms with Crippen molar-refractivity contribution in [2.45, 2.75) is 44.6 Å². The maximum Gasteiger partial charge on any atom is 0.573 e. The van der Waals surface area contributed by atoms with Crippen LogP contribution in [0.4, 0.5) is 25.1 Å². The molecule has 0 atom stereocenters. The molecular weight excluding hydrogens is 475 g/mol. The lowest BCUT2D eigenvalue weighted by Crippen LogP contribution is -2.36. The number of halogens is 3. The van der Waals surface area contributed by atoms with Crippen molar-refractivity contribution in [3.63, 3.8) is 0 Å². The third-order valence-corrected chi connectivity index (χ3v) is 5.86. The quantitative estimate of drug-likeness (QED) is 0.422. The average Bonchev–Trinajstić information content (AvgIpc) is 2.88. The number of pyridine rings is 1. The van der Waals surface area contributed by atoms with Crippen LogP contribution in [0.25, 0.3) is 11.4 Å². The molecule has 4 rings (SSSR count). The van der Waals surface area contributed by atoms with E-state index in [1.807, 2.05) is 6.07 Å². The largest absolute Gasteiger partial charge is 0.573 e. The van der Waals surface area contributed by atoms with Crippen LogP contribution in [0.3, 0.4) is 0 Å². The molecule has 1 aliphatic carbocycles. The number of hydrogen-bond donors (Lipinski definition) is 3. The second-order valence-corrected chi connectivity index (χ2v) is 8.36. The standard InChI is InChI=1S/C24H26F3N7O2/c1-28-22-32-20(17-6-4-12-29-13-17)33-23(34-22)31-18-10-8-15(9-11-18)21(35)30-14-16-5-2-3-7-19(16)36-24(25,26)27/h2-7,12-13,15,18H,8-11,14H2,1H3,(H,30,35)(H2,28,31,32,33,34). The zero-order chi connectivity index (χ0) is 25.5. The molecule has 3 N–H and O–H groups in total. The van der Waals surface area contributed by atoms with E-state index in [4.69, 9.17) is 0 Å². The van der Waals surface area contributed by atoms with Gasteiger partial charge in [0.1, 0.15) is 5.75 Å². The smallest absolute Gasteiger partial charge is 0.405 e. The molecule has 1 amide bonds. The van der Waals surface area contributed by atoms with E-state index in [1.165, 1.54) is 18.2 Å². The molecule has 2 aromatic heterocycles. The van der Waals surface area contributed by atoms with E-state index in [9.17, 15) is 18.0 Å². The van der Waals surface area contributed by atoms with Crippen molar-refractivity contribution in [3.05, 3.63) is 54.4 Å². The van der Waals surface area contributed by atoms with Crippen LogP contribution in [0.1, 0.15) is 31.2 Å². The maximum absolute atomic E-state index is 12.7. The summed E-state index contributed by atoms with van der Waals surface area (Å²) >= 11 is 0. The van der Waals surface area contributed by atoms with Crippen LogP contribution in [-0.2, 0) is 11.3 Å². The summed E-state index contributed by atoms with van der Waals surface area (Å²) in [7, 11) is 1.73. The van der Waals surface area contributed by atoms with Gasteiger partial charge in [0.15, 0.2) is 5.82 Å². The fourth-order valence-electron chi connectivity index (χ4n) is 4.06. The Kier molecular flexibility index (Phi) is 7.81. The van der Waals surface area contributed by atoms with Gasteiger partial charge in [0.25, 0.3) is 0 Å². The Labute approximate surface area is 205 Å². The van der Waals surface area contributed by atoms with Crippen molar-refractivity contribution in [2.75, 3.05) is 17.7 Å². The number of nitrogens with zero attached hydrogens (tertiary/aromatic N) is 4. The number of aromatic nitrogens is 4. The summed E-state index contributed by atoms with van der Waals surface area (Å²) in [5.74, 6) is 0.620. The Morgan fingerprint density at radius 2 is 1.78 bits per heavy atom. The number of nitrogens with one attached hydrogen (secondary N) is 3. The van der Waals surface area contributed by atoms with Crippen molar-refractivity contribution in [1.29, 1.82) is 0 Å². The van der Waals surface area contributed by atoms with Crippen molar-refractivity contribution in [3.8, 4) is 17.1 Å². The Balaban J connectivity index is 1.31. The number of hydrogen-bond acceptors (Lipinski definition) is 8. The first-order valence-corrected chi connectivity index (χ1v) is 11.5. The van der Waals surface area contributed by atoms with E-state index >= 15 is 0 Å². The van der Waals surface area contributed by atoms with Crippen LogP contribution in [-0.4, -0.2) is 45.3 Å². The fraction of sp³-hybridized carbons (Fsp3) is 0.375. The van der Waals surface area contributed by atoms with Gasteiger partial charge in [0.05, 0.1) is 0 Å². The molecule has 1 aliphatic rings. The van der Waals surface area contributed by atoms with Crippen molar-refractivity contribution < 1.29 is 22.7 Å². The molecule has 3 aromatic rings. The normalized spacial score (nSPS) is 17.8. The lowest BCUT2D eigenvalue weighted by atomic mass is 9.85. The van der Waals surface area contributed by atoms with Gasteiger partial charge in [-0.1, -0.05) is 18.2 Å². The number of ether oxygens (including phenoxy) is 1. The van der Waals surface area contributed by atoms with Gasteiger partial charge in [-0.2, -0.15) is 15.0 Å². The number of para-hydroxylation sites is 1. The average molecular weight is 502 g/mol. The van der Waals surface area contributed by atoms with Gasteiger partial charge in [-0.05, 0) is 43.9 Å². The molecule has 0 unspecified atom stereocenters. The van der Waals surface area contributed by atoms with Crippen LogP contribution < -0.4 is 20.7 Å². The highest BCUT2D eigenvalue weighted by atomic mass is 19.4. The van der Waals surface area contributed by atoms with E-state index in [0.717, 1.165) is 5.56 Å².